The van der Waals surface area contributed by atoms with Gasteiger partial charge in [0.2, 0.25) is 0 Å². The molecule has 0 spiro atoms. The number of rotatable bonds is 3. The number of anilines is 4. The largest absolute Gasteiger partial charge is 0.416 e. The highest BCUT2D eigenvalue weighted by atomic mass is 19.4. The molecule has 0 aliphatic carbocycles. The normalized spacial score (nSPS) is 13.4. The van der Waals surface area contributed by atoms with Gasteiger partial charge in [0.05, 0.1) is 11.3 Å². The smallest absolute Gasteiger partial charge is 0.319 e. The van der Waals surface area contributed by atoms with Gasteiger partial charge in [-0.1, -0.05) is 54.6 Å². The molecule has 0 N–H and O–H groups in total. The van der Waals surface area contributed by atoms with Gasteiger partial charge in [-0.3, -0.25) is 0 Å². The van der Waals surface area contributed by atoms with Crippen LogP contribution in [0.2, 0.25) is 0 Å². The summed E-state index contributed by atoms with van der Waals surface area (Å²) in [6, 6.07) is 27.1. The lowest BCUT2D eigenvalue weighted by atomic mass is 10.0. The highest BCUT2D eigenvalue weighted by Crippen LogP contribution is 2.48. The summed E-state index contributed by atoms with van der Waals surface area (Å²) >= 11 is 0. The van der Waals surface area contributed by atoms with E-state index in [4.69, 9.17) is 0 Å². The lowest BCUT2D eigenvalue weighted by Gasteiger charge is -2.22. The Morgan fingerprint density at radius 3 is 2.10 bits per heavy atom. The summed E-state index contributed by atoms with van der Waals surface area (Å²) in [5.41, 5.74) is 3.59. The number of para-hydroxylation sites is 1. The van der Waals surface area contributed by atoms with E-state index in [0.29, 0.717) is 18.2 Å². The summed E-state index contributed by atoms with van der Waals surface area (Å²) in [4.78, 5) is 8.49. The molecule has 0 bridgehead atoms. The Balaban J connectivity index is 1.69. The van der Waals surface area contributed by atoms with E-state index >= 15 is 0 Å². The Bertz CT molecular complexity index is 1210. The van der Waals surface area contributed by atoms with Gasteiger partial charge >= 0.3 is 6.18 Å². The second-order valence-electron chi connectivity index (χ2n) is 7.28. The number of hydrogen-bond donors (Lipinski definition) is 0. The summed E-state index contributed by atoms with van der Waals surface area (Å²) < 4.78 is 40.0. The molecule has 3 nitrogen and oxygen atoms in total. The van der Waals surface area contributed by atoms with Crippen LogP contribution < -0.4 is 9.80 Å². The van der Waals surface area contributed by atoms with Crippen molar-refractivity contribution in [3.05, 3.63) is 103 Å². The molecule has 154 valence electrons. The molecule has 0 saturated carbocycles. The number of fused-ring (bicyclic) bond motifs is 1. The number of benzene rings is 3. The van der Waals surface area contributed by atoms with Crippen LogP contribution in [0.15, 0.2) is 97.2 Å². The van der Waals surface area contributed by atoms with Crippen LogP contribution in [0.4, 0.5) is 36.1 Å². The fraction of sp³-hybridized carbons (Fsp3) is 0.0800. The van der Waals surface area contributed by atoms with Crippen molar-refractivity contribution in [2.75, 3.05) is 16.5 Å². The number of alkyl halides is 3. The van der Waals surface area contributed by atoms with Crippen molar-refractivity contribution in [1.82, 2.24) is 4.98 Å². The topological polar surface area (TPSA) is 19.4 Å². The van der Waals surface area contributed by atoms with E-state index in [9.17, 15) is 13.2 Å². The predicted octanol–water partition coefficient (Wildman–Crippen LogP) is 7.01. The van der Waals surface area contributed by atoms with Crippen LogP contribution in [0, 0.1) is 0 Å². The molecule has 31 heavy (non-hydrogen) atoms. The maximum Gasteiger partial charge on any atom is 0.416 e. The van der Waals surface area contributed by atoms with Gasteiger partial charge < -0.3 is 9.80 Å². The Kier molecular flexibility index (Phi) is 4.62. The Labute approximate surface area is 178 Å². The maximum absolute atomic E-state index is 13.3. The van der Waals surface area contributed by atoms with Gasteiger partial charge in [0.15, 0.2) is 5.82 Å². The lowest BCUT2D eigenvalue weighted by Crippen LogP contribution is -2.24. The molecule has 3 aromatic carbocycles. The summed E-state index contributed by atoms with van der Waals surface area (Å²) in [7, 11) is 0. The third-order valence-corrected chi connectivity index (χ3v) is 5.35. The van der Waals surface area contributed by atoms with Crippen LogP contribution in [0.5, 0.6) is 0 Å². The Morgan fingerprint density at radius 1 is 0.710 bits per heavy atom. The molecule has 1 aliphatic rings. The van der Waals surface area contributed by atoms with E-state index in [0.717, 1.165) is 28.6 Å². The van der Waals surface area contributed by atoms with Crippen molar-refractivity contribution in [2.45, 2.75) is 6.18 Å². The molecule has 1 aliphatic heterocycles. The van der Waals surface area contributed by atoms with Crippen molar-refractivity contribution in [1.29, 1.82) is 0 Å². The minimum Gasteiger partial charge on any atom is -0.319 e. The van der Waals surface area contributed by atoms with Crippen molar-refractivity contribution in [2.24, 2.45) is 0 Å². The molecule has 2 heterocycles. The first kappa shape index (κ1) is 19.2. The highest BCUT2D eigenvalue weighted by molar-refractivity contribution is 5.94. The van der Waals surface area contributed by atoms with Crippen LogP contribution in [0.3, 0.4) is 0 Å². The molecular formula is C25H18F3N3. The van der Waals surface area contributed by atoms with Gasteiger partial charge in [0, 0.05) is 23.1 Å². The van der Waals surface area contributed by atoms with Gasteiger partial charge in [0.1, 0.15) is 6.67 Å². The van der Waals surface area contributed by atoms with E-state index in [1.54, 1.807) is 12.3 Å². The van der Waals surface area contributed by atoms with Gasteiger partial charge in [-0.15, -0.1) is 0 Å². The molecule has 0 amide bonds. The third-order valence-electron chi connectivity index (χ3n) is 5.35. The molecule has 0 atom stereocenters. The summed E-state index contributed by atoms with van der Waals surface area (Å²) in [5.74, 6) is 0.629. The number of aromatic nitrogens is 1. The highest BCUT2D eigenvalue weighted by Gasteiger charge is 2.34. The second-order valence-corrected chi connectivity index (χ2v) is 7.28. The minimum absolute atomic E-state index is 0.359. The van der Waals surface area contributed by atoms with Gasteiger partial charge in [-0.05, 0) is 42.0 Å². The minimum atomic E-state index is -4.41. The molecule has 0 saturated heterocycles. The molecule has 4 aromatic rings. The number of pyridine rings is 1. The number of hydrogen-bond acceptors (Lipinski definition) is 3. The zero-order valence-corrected chi connectivity index (χ0v) is 16.4. The summed E-state index contributed by atoms with van der Waals surface area (Å²) in [6.45, 7) is 0.359. The van der Waals surface area contributed by atoms with Gasteiger partial charge in [-0.2, -0.15) is 13.2 Å². The van der Waals surface area contributed by atoms with Crippen LogP contribution in [0.1, 0.15) is 5.56 Å². The van der Waals surface area contributed by atoms with E-state index < -0.39 is 11.7 Å². The zero-order valence-electron chi connectivity index (χ0n) is 16.4. The van der Waals surface area contributed by atoms with Crippen LogP contribution in [0.25, 0.3) is 11.1 Å². The van der Waals surface area contributed by atoms with E-state index in [-0.39, 0.29) is 0 Å². The van der Waals surface area contributed by atoms with E-state index in [1.807, 2.05) is 71.6 Å². The second kappa shape index (κ2) is 7.47. The fourth-order valence-electron chi connectivity index (χ4n) is 3.91. The molecule has 6 heteroatoms. The van der Waals surface area contributed by atoms with Crippen LogP contribution >= 0.6 is 0 Å². The molecular weight excluding hydrogens is 399 g/mol. The molecule has 0 radical (unpaired) electrons. The average molecular weight is 417 g/mol. The molecule has 1 aromatic heterocycles. The SMILES string of the molecule is FC(F)(F)c1cccc(N2CN(c3ccccc3)c3c(-c4ccccc4)ccnc32)c1. The van der Waals surface area contributed by atoms with Crippen molar-refractivity contribution < 1.29 is 13.2 Å². The zero-order chi connectivity index (χ0) is 21.4. The van der Waals surface area contributed by atoms with Gasteiger partial charge in [0.25, 0.3) is 0 Å². The Morgan fingerprint density at radius 2 is 1.39 bits per heavy atom. The summed E-state index contributed by atoms with van der Waals surface area (Å²) in [6.07, 6.45) is -2.70. The maximum atomic E-state index is 13.3. The average Bonchev–Trinajstić information content (AvgIpc) is 3.20. The van der Waals surface area contributed by atoms with Crippen LogP contribution in [-0.4, -0.2) is 11.7 Å². The van der Waals surface area contributed by atoms with Crippen LogP contribution in [-0.2, 0) is 6.18 Å². The van der Waals surface area contributed by atoms with Crippen molar-refractivity contribution in [3.63, 3.8) is 0 Å². The quantitative estimate of drug-likeness (QED) is 0.357. The van der Waals surface area contributed by atoms with Crippen molar-refractivity contribution in [3.8, 4) is 11.1 Å². The van der Waals surface area contributed by atoms with Gasteiger partial charge in [-0.25, -0.2) is 4.98 Å². The standard InChI is InChI=1S/C25H18F3N3/c26-25(27,28)19-10-7-13-21(16-19)31-17-30(20-11-5-2-6-12-20)23-22(14-15-29-24(23)31)18-8-3-1-4-9-18/h1-16H,17H2. The van der Waals surface area contributed by atoms with Crippen molar-refractivity contribution >= 4 is 22.9 Å². The first-order chi connectivity index (χ1) is 15.0. The number of nitrogens with zero attached hydrogens (tertiary/aromatic N) is 3. The monoisotopic (exact) mass is 417 g/mol. The lowest BCUT2D eigenvalue weighted by molar-refractivity contribution is -0.137. The number of halogens is 3. The third kappa shape index (κ3) is 3.50. The fourth-order valence-corrected chi connectivity index (χ4v) is 3.91. The summed E-state index contributed by atoms with van der Waals surface area (Å²) in [5, 5.41) is 0. The van der Waals surface area contributed by atoms with E-state index in [1.165, 1.54) is 12.1 Å². The molecule has 0 unspecified atom stereocenters. The molecule has 5 rings (SSSR count). The predicted molar refractivity (Wildman–Crippen MR) is 117 cm³/mol. The first-order valence-electron chi connectivity index (χ1n) is 9.84. The first-order valence-corrected chi connectivity index (χ1v) is 9.84. The van der Waals surface area contributed by atoms with E-state index in [2.05, 4.69) is 9.88 Å². The Hall–Kier alpha value is -3.80. The molecule has 0 fully saturated rings.